The smallest absolute Gasteiger partial charge is 0.319 e. The number of carbonyl (C=O) groups is 1. The van der Waals surface area contributed by atoms with E-state index in [0.29, 0.717) is 23.4 Å². The number of rotatable bonds is 6. The fraction of sp³-hybridized carbons (Fsp3) is 0.382. The molecular weight excluding hydrogens is 622 g/mol. The average Bonchev–Trinajstić information content (AvgIpc) is 3.55. The molecular formula is C34H32ClF4N5O2. The highest BCUT2D eigenvalue weighted by atomic mass is 35.5. The monoisotopic (exact) mass is 653 g/mol. The van der Waals surface area contributed by atoms with Crippen LogP contribution in [-0.2, 0) is 4.79 Å². The highest BCUT2D eigenvalue weighted by molar-refractivity contribution is 6.36. The largest absolute Gasteiger partial charge is 0.461 e. The van der Waals surface area contributed by atoms with E-state index < -0.39 is 41.1 Å². The number of halogens is 5. The highest BCUT2D eigenvalue weighted by Crippen LogP contribution is 2.42. The van der Waals surface area contributed by atoms with Crippen molar-refractivity contribution in [2.24, 2.45) is 0 Å². The van der Waals surface area contributed by atoms with E-state index in [4.69, 9.17) is 16.3 Å². The molecule has 4 heterocycles. The number of hydrogen-bond acceptors (Lipinski definition) is 6. The zero-order valence-electron chi connectivity index (χ0n) is 25.2. The van der Waals surface area contributed by atoms with Gasteiger partial charge in [0.05, 0.1) is 11.1 Å². The second-order valence-corrected chi connectivity index (χ2v) is 12.9. The fourth-order valence-corrected chi connectivity index (χ4v) is 7.75. The van der Waals surface area contributed by atoms with Crippen LogP contribution in [0.15, 0.2) is 54.9 Å². The molecule has 240 valence electrons. The SMILES string of the molecule is C=C(F)C(=O)N1CCN(c2nc(OC[C@@]34CCCN3C[C@H](F)C4)nc3c(F)c(-c4cccc5cccc(Cl)c45)c(F)cc23)[C@@H](C)C1. The van der Waals surface area contributed by atoms with E-state index in [1.54, 1.807) is 24.3 Å². The summed E-state index contributed by atoms with van der Waals surface area (Å²) < 4.78 is 67.2. The average molecular weight is 654 g/mol. The molecule has 46 heavy (non-hydrogen) atoms. The van der Waals surface area contributed by atoms with Crippen molar-refractivity contribution in [1.29, 1.82) is 0 Å². The summed E-state index contributed by atoms with van der Waals surface area (Å²) in [5.41, 5.74) is -0.671. The van der Waals surface area contributed by atoms with E-state index in [9.17, 15) is 13.6 Å². The molecule has 0 spiro atoms. The van der Waals surface area contributed by atoms with Crippen LogP contribution in [0.4, 0.5) is 23.4 Å². The Kier molecular flexibility index (Phi) is 7.79. The van der Waals surface area contributed by atoms with Gasteiger partial charge in [-0.15, -0.1) is 0 Å². The maximum atomic E-state index is 16.8. The fourth-order valence-electron chi connectivity index (χ4n) is 7.47. The van der Waals surface area contributed by atoms with Gasteiger partial charge in [-0.3, -0.25) is 9.69 Å². The van der Waals surface area contributed by atoms with Gasteiger partial charge in [0, 0.05) is 54.4 Å². The van der Waals surface area contributed by atoms with Gasteiger partial charge in [0.25, 0.3) is 5.91 Å². The number of benzene rings is 3. The number of anilines is 1. The molecule has 3 saturated heterocycles. The van der Waals surface area contributed by atoms with Gasteiger partial charge in [0.15, 0.2) is 11.6 Å². The Morgan fingerprint density at radius 1 is 1.13 bits per heavy atom. The second-order valence-electron chi connectivity index (χ2n) is 12.5. The van der Waals surface area contributed by atoms with E-state index in [2.05, 4.69) is 21.4 Å². The maximum absolute atomic E-state index is 16.8. The predicted octanol–water partition coefficient (Wildman–Crippen LogP) is 6.86. The minimum absolute atomic E-state index is 0.114. The van der Waals surface area contributed by atoms with Crippen molar-refractivity contribution in [2.75, 3.05) is 44.2 Å². The van der Waals surface area contributed by atoms with Crippen molar-refractivity contribution in [3.05, 3.63) is 71.5 Å². The number of piperazine rings is 1. The molecule has 3 fully saturated rings. The molecule has 4 aromatic rings. The minimum atomic E-state index is -1.06. The molecule has 0 radical (unpaired) electrons. The summed E-state index contributed by atoms with van der Waals surface area (Å²) in [5, 5.41) is 1.68. The third-order valence-electron chi connectivity index (χ3n) is 9.62. The first-order valence-electron chi connectivity index (χ1n) is 15.4. The number of hydrogen-bond donors (Lipinski definition) is 0. The Hall–Kier alpha value is -3.96. The number of ether oxygens (including phenoxy) is 1. The number of alkyl halides is 1. The van der Waals surface area contributed by atoms with Crippen molar-refractivity contribution >= 4 is 45.0 Å². The Bertz CT molecular complexity index is 1890. The van der Waals surface area contributed by atoms with Gasteiger partial charge in [0.1, 0.15) is 29.9 Å². The lowest BCUT2D eigenvalue weighted by atomic mass is 9.95. The van der Waals surface area contributed by atoms with Crippen molar-refractivity contribution in [3.8, 4) is 17.1 Å². The summed E-state index contributed by atoms with van der Waals surface area (Å²) in [6.07, 6.45) is 1.03. The molecule has 3 atom stereocenters. The summed E-state index contributed by atoms with van der Waals surface area (Å²) in [6, 6.07) is 11.1. The molecule has 3 aliphatic heterocycles. The molecule has 0 unspecified atom stereocenters. The van der Waals surface area contributed by atoms with E-state index in [1.807, 2.05) is 24.0 Å². The van der Waals surface area contributed by atoms with Gasteiger partial charge in [-0.25, -0.2) is 17.6 Å². The van der Waals surface area contributed by atoms with Crippen LogP contribution in [0.2, 0.25) is 5.02 Å². The Labute approximate surface area is 268 Å². The van der Waals surface area contributed by atoms with Crippen molar-refractivity contribution in [1.82, 2.24) is 19.8 Å². The van der Waals surface area contributed by atoms with Crippen LogP contribution in [0.3, 0.4) is 0 Å². The van der Waals surface area contributed by atoms with Gasteiger partial charge in [-0.05, 0) is 49.4 Å². The molecule has 0 bridgehead atoms. The van der Waals surface area contributed by atoms with E-state index in [1.165, 1.54) is 11.0 Å². The summed E-state index contributed by atoms with van der Waals surface area (Å²) >= 11 is 6.53. The highest BCUT2D eigenvalue weighted by Gasteiger charge is 2.49. The van der Waals surface area contributed by atoms with Gasteiger partial charge < -0.3 is 14.5 Å². The van der Waals surface area contributed by atoms with E-state index in [-0.39, 0.29) is 60.1 Å². The lowest BCUT2D eigenvalue weighted by Crippen LogP contribution is -2.54. The van der Waals surface area contributed by atoms with E-state index in [0.717, 1.165) is 24.8 Å². The van der Waals surface area contributed by atoms with Crippen molar-refractivity contribution in [2.45, 2.75) is 43.9 Å². The topological polar surface area (TPSA) is 61.8 Å². The molecule has 0 N–H and O–H groups in total. The molecule has 0 aliphatic carbocycles. The number of aromatic nitrogens is 2. The Morgan fingerprint density at radius 3 is 2.67 bits per heavy atom. The van der Waals surface area contributed by atoms with Crippen LogP contribution < -0.4 is 9.64 Å². The standard InChI is InChI=1S/C34H32ClF4N5O2/c1-19-16-42(32(45)20(2)36)12-13-44(19)31-24-14-26(38)28(23-8-3-6-21-7-4-9-25(35)27(21)23)29(39)30(24)40-33(41-31)46-18-34-10-5-11-43(34)17-22(37)15-34/h3-4,6-9,14,19,22H,2,5,10-13,15-18H2,1H3/t19-,22+,34-/m0/s1. The van der Waals surface area contributed by atoms with E-state index >= 15 is 8.78 Å². The summed E-state index contributed by atoms with van der Waals surface area (Å²) in [5.74, 6) is -3.38. The van der Waals surface area contributed by atoms with Crippen molar-refractivity contribution < 1.29 is 27.1 Å². The van der Waals surface area contributed by atoms with Crippen LogP contribution in [0, 0.1) is 11.6 Å². The first kappa shape index (κ1) is 30.7. The predicted molar refractivity (Wildman–Crippen MR) is 170 cm³/mol. The normalized spacial score (nSPS) is 23.3. The first-order chi connectivity index (χ1) is 22.1. The summed E-state index contributed by atoms with van der Waals surface area (Å²) in [6.45, 7) is 6.62. The molecule has 1 amide bonds. The zero-order chi connectivity index (χ0) is 32.3. The third kappa shape index (κ3) is 5.13. The molecule has 3 aliphatic rings. The Morgan fingerprint density at radius 2 is 1.91 bits per heavy atom. The third-order valence-corrected chi connectivity index (χ3v) is 9.93. The van der Waals surface area contributed by atoms with Crippen LogP contribution >= 0.6 is 11.6 Å². The van der Waals surface area contributed by atoms with Gasteiger partial charge >= 0.3 is 6.01 Å². The number of nitrogens with zero attached hydrogens (tertiary/aromatic N) is 5. The van der Waals surface area contributed by atoms with Crippen LogP contribution in [0.5, 0.6) is 6.01 Å². The first-order valence-corrected chi connectivity index (χ1v) is 15.7. The molecule has 0 saturated carbocycles. The lowest BCUT2D eigenvalue weighted by Gasteiger charge is -2.40. The summed E-state index contributed by atoms with van der Waals surface area (Å²) in [7, 11) is 0. The van der Waals surface area contributed by atoms with Gasteiger partial charge in [0.2, 0.25) is 0 Å². The number of amides is 1. The lowest BCUT2D eigenvalue weighted by molar-refractivity contribution is -0.129. The second kappa shape index (κ2) is 11.7. The van der Waals surface area contributed by atoms with Crippen LogP contribution in [-0.4, -0.2) is 82.8 Å². The molecule has 7 rings (SSSR count). The van der Waals surface area contributed by atoms with Crippen LogP contribution in [0.1, 0.15) is 26.2 Å². The van der Waals surface area contributed by atoms with Gasteiger partial charge in [-0.1, -0.05) is 48.5 Å². The quantitative estimate of drug-likeness (QED) is 0.168. The molecule has 1 aromatic heterocycles. The van der Waals surface area contributed by atoms with Crippen molar-refractivity contribution in [3.63, 3.8) is 0 Å². The Balaban J connectivity index is 1.35. The van der Waals surface area contributed by atoms with Gasteiger partial charge in [-0.2, -0.15) is 9.97 Å². The number of fused-ring (bicyclic) bond motifs is 3. The molecule has 12 heteroatoms. The summed E-state index contributed by atoms with van der Waals surface area (Å²) in [4.78, 5) is 26.7. The minimum Gasteiger partial charge on any atom is -0.461 e. The molecule has 7 nitrogen and oxygen atoms in total. The number of carbonyl (C=O) groups excluding carboxylic acids is 1. The van der Waals surface area contributed by atoms with Crippen LogP contribution in [0.25, 0.3) is 32.8 Å². The molecule has 3 aromatic carbocycles. The zero-order valence-corrected chi connectivity index (χ0v) is 26.0. The maximum Gasteiger partial charge on any atom is 0.319 e.